The summed E-state index contributed by atoms with van der Waals surface area (Å²) in [5, 5.41) is 0. The number of nitrogens with two attached hydrogens (primary N) is 1. The van der Waals surface area contributed by atoms with E-state index in [9.17, 15) is 14.4 Å². The molecule has 0 unspecified atom stereocenters. The number of nitrogens with zero attached hydrogens (tertiary/aromatic N) is 2. The van der Waals surface area contributed by atoms with Crippen LogP contribution in [0.2, 0.25) is 0 Å². The first-order valence-electron chi connectivity index (χ1n) is 8.88. The van der Waals surface area contributed by atoms with Crippen LogP contribution in [-0.2, 0) is 17.7 Å². The summed E-state index contributed by atoms with van der Waals surface area (Å²) >= 11 is 1.38. The average molecular weight is 394 g/mol. The molecule has 0 spiro atoms. The van der Waals surface area contributed by atoms with E-state index >= 15 is 0 Å². The predicted octanol–water partition coefficient (Wildman–Crippen LogP) is 1.75. The summed E-state index contributed by atoms with van der Waals surface area (Å²) in [4.78, 5) is 42.9. The van der Waals surface area contributed by atoms with Crippen molar-refractivity contribution in [3.05, 3.63) is 42.2 Å². The number of methoxy groups -OCH3 is 1. The molecule has 3 N–H and O–H groups in total. The predicted molar refractivity (Wildman–Crippen MR) is 108 cm³/mol. The topological polar surface area (TPSA) is 110 Å². The van der Waals surface area contributed by atoms with Crippen molar-refractivity contribution in [2.75, 3.05) is 30.9 Å². The lowest BCUT2D eigenvalue weighted by Gasteiger charge is -2.23. The van der Waals surface area contributed by atoms with E-state index in [1.54, 1.807) is 0 Å². The summed E-state index contributed by atoms with van der Waals surface area (Å²) in [6.45, 7) is 6.59. The number of H-pyrrole nitrogens is 1. The van der Waals surface area contributed by atoms with Crippen molar-refractivity contribution in [2.45, 2.75) is 40.2 Å². The molecule has 0 aliphatic rings. The number of aromatic amines is 1. The normalized spacial score (nSPS) is 11.0. The Bertz CT molecular complexity index is 928. The molecule has 2 aromatic heterocycles. The van der Waals surface area contributed by atoms with Crippen molar-refractivity contribution >= 4 is 28.7 Å². The zero-order valence-electron chi connectivity index (χ0n) is 16.1. The van der Waals surface area contributed by atoms with Gasteiger partial charge in [0, 0.05) is 25.1 Å². The number of aromatic nitrogens is 2. The van der Waals surface area contributed by atoms with Gasteiger partial charge in [-0.3, -0.25) is 24.0 Å². The van der Waals surface area contributed by atoms with Crippen LogP contribution in [0.4, 0.5) is 11.5 Å². The van der Waals surface area contributed by atoms with Gasteiger partial charge < -0.3 is 10.5 Å². The van der Waals surface area contributed by atoms with Crippen molar-refractivity contribution < 1.29 is 9.53 Å². The van der Waals surface area contributed by atoms with E-state index in [1.165, 1.54) is 27.9 Å². The number of carbonyl (C=O) groups is 1. The average Bonchev–Trinajstić information content (AvgIpc) is 3.01. The SMILES string of the molecule is CCCn1c(N)c(N(CCOC)C(=O)c2cc(CC)c(C)s2)c(=O)[nH]c1=O. The molecule has 0 aliphatic heterocycles. The third-order valence-corrected chi connectivity index (χ3v) is 5.39. The fourth-order valence-electron chi connectivity index (χ4n) is 2.89. The molecule has 0 saturated carbocycles. The Hall–Kier alpha value is -2.39. The van der Waals surface area contributed by atoms with Gasteiger partial charge in [0.2, 0.25) is 0 Å². The van der Waals surface area contributed by atoms with Crippen LogP contribution < -0.4 is 21.9 Å². The Balaban J connectivity index is 2.59. The monoisotopic (exact) mass is 394 g/mol. The van der Waals surface area contributed by atoms with E-state index in [4.69, 9.17) is 10.5 Å². The summed E-state index contributed by atoms with van der Waals surface area (Å²) in [6, 6.07) is 1.84. The second-order valence-corrected chi connectivity index (χ2v) is 7.40. The highest BCUT2D eigenvalue weighted by Crippen LogP contribution is 2.26. The van der Waals surface area contributed by atoms with E-state index in [0.717, 1.165) is 16.9 Å². The van der Waals surface area contributed by atoms with E-state index in [1.807, 2.05) is 26.8 Å². The van der Waals surface area contributed by atoms with Crippen molar-refractivity contribution in [2.24, 2.45) is 0 Å². The third-order valence-electron chi connectivity index (χ3n) is 4.31. The zero-order chi connectivity index (χ0) is 20.1. The zero-order valence-corrected chi connectivity index (χ0v) is 16.9. The number of amides is 1. The highest BCUT2D eigenvalue weighted by Gasteiger charge is 2.26. The Morgan fingerprint density at radius 2 is 2.07 bits per heavy atom. The van der Waals surface area contributed by atoms with E-state index in [2.05, 4.69) is 4.98 Å². The molecule has 2 rings (SSSR count). The molecule has 9 heteroatoms. The fourth-order valence-corrected chi connectivity index (χ4v) is 3.95. The van der Waals surface area contributed by atoms with Gasteiger partial charge in [0.05, 0.1) is 11.5 Å². The number of nitrogens with one attached hydrogen (secondary N) is 1. The highest BCUT2D eigenvalue weighted by molar-refractivity contribution is 7.14. The van der Waals surface area contributed by atoms with Gasteiger partial charge in [-0.25, -0.2) is 4.79 Å². The number of ether oxygens (including phenoxy) is 1. The molecule has 0 atom stereocenters. The van der Waals surface area contributed by atoms with Gasteiger partial charge in [-0.2, -0.15) is 0 Å². The number of carbonyl (C=O) groups excluding carboxylic acids is 1. The maximum Gasteiger partial charge on any atom is 0.330 e. The van der Waals surface area contributed by atoms with Crippen molar-refractivity contribution in [1.82, 2.24) is 9.55 Å². The minimum Gasteiger partial charge on any atom is -0.383 e. The van der Waals surface area contributed by atoms with Gasteiger partial charge >= 0.3 is 5.69 Å². The summed E-state index contributed by atoms with van der Waals surface area (Å²) < 4.78 is 6.38. The number of thiophene rings is 1. The molecule has 0 bridgehead atoms. The van der Waals surface area contributed by atoms with Crippen LogP contribution in [0.5, 0.6) is 0 Å². The van der Waals surface area contributed by atoms with Gasteiger partial charge in [0.15, 0.2) is 5.69 Å². The third kappa shape index (κ3) is 4.30. The standard InChI is InChI=1S/C18H26N4O4S/c1-5-7-22-15(19)14(16(23)20-18(22)25)21(8-9-26-4)17(24)13-10-12(6-2)11(3)27-13/h10H,5-9,19H2,1-4H3,(H,20,23,25). The number of hydrogen-bond acceptors (Lipinski definition) is 6. The van der Waals surface area contributed by atoms with Gasteiger partial charge in [-0.1, -0.05) is 13.8 Å². The van der Waals surface area contributed by atoms with E-state index in [0.29, 0.717) is 17.8 Å². The second kappa shape index (κ2) is 9.01. The maximum atomic E-state index is 13.2. The van der Waals surface area contributed by atoms with Gasteiger partial charge in [0.25, 0.3) is 11.5 Å². The highest BCUT2D eigenvalue weighted by atomic mass is 32.1. The van der Waals surface area contributed by atoms with E-state index in [-0.39, 0.29) is 30.6 Å². The Morgan fingerprint density at radius 3 is 2.63 bits per heavy atom. The van der Waals surface area contributed by atoms with Crippen LogP contribution in [0.3, 0.4) is 0 Å². The van der Waals surface area contributed by atoms with Crippen LogP contribution in [0.25, 0.3) is 0 Å². The van der Waals surface area contributed by atoms with Crippen molar-refractivity contribution in [3.63, 3.8) is 0 Å². The molecule has 8 nitrogen and oxygen atoms in total. The number of aryl methyl sites for hydroxylation is 2. The number of anilines is 2. The lowest BCUT2D eigenvalue weighted by molar-refractivity contribution is 0.0979. The summed E-state index contributed by atoms with van der Waals surface area (Å²) in [7, 11) is 1.51. The maximum absolute atomic E-state index is 13.2. The first-order chi connectivity index (χ1) is 12.8. The fraction of sp³-hybridized carbons (Fsp3) is 0.500. The Kier molecular flexibility index (Phi) is 6.98. The Morgan fingerprint density at radius 1 is 1.37 bits per heavy atom. The molecule has 0 saturated heterocycles. The molecular formula is C18H26N4O4S. The largest absolute Gasteiger partial charge is 0.383 e. The van der Waals surface area contributed by atoms with Gasteiger partial charge in [-0.15, -0.1) is 11.3 Å². The molecule has 0 radical (unpaired) electrons. The summed E-state index contributed by atoms with van der Waals surface area (Å²) in [6.07, 6.45) is 1.48. The van der Waals surface area contributed by atoms with Crippen LogP contribution in [0.15, 0.2) is 15.7 Å². The van der Waals surface area contributed by atoms with Crippen LogP contribution in [0, 0.1) is 6.92 Å². The van der Waals surface area contributed by atoms with Crippen LogP contribution in [0.1, 0.15) is 40.4 Å². The summed E-state index contributed by atoms with van der Waals surface area (Å²) in [5.41, 5.74) is 5.94. The van der Waals surface area contributed by atoms with Crippen LogP contribution >= 0.6 is 11.3 Å². The molecule has 148 valence electrons. The molecule has 1 amide bonds. The number of rotatable bonds is 8. The molecule has 2 aromatic rings. The van der Waals surface area contributed by atoms with Crippen molar-refractivity contribution in [3.8, 4) is 0 Å². The minimum atomic E-state index is -0.682. The molecule has 0 aliphatic carbocycles. The molecule has 0 aromatic carbocycles. The number of hydrogen-bond donors (Lipinski definition) is 2. The molecular weight excluding hydrogens is 368 g/mol. The van der Waals surface area contributed by atoms with Gasteiger partial charge in [-0.05, 0) is 31.4 Å². The van der Waals surface area contributed by atoms with E-state index < -0.39 is 11.2 Å². The molecule has 27 heavy (non-hydrogen) atoms. The molecule has 2 heterocycles. The van der Waals surface area contributed by atoms with Crippen LogP contribution in [-0.4, -0.2) is 35.7 Å². The lowest BCUT2D eigenvalue weighted by Crippen LogP contribution is -2.42. The van der Waals surface area contributed by atoms with Crippen molar-refractivity contribution in [1.29, 1.82) is 0 Å². The first kappa shape index (κ1) is 20.9. The minimum absolute atomic E-state index is 0.0148. The lowest BCUT2D eigenvalue weighted by atomic mass is 10.2. The molecule has 0 fully saturated rings. The smallest absolute Gasteiger partial charge is 0.330 e. The summed E-state index contributed by atoms with van der Waals surface area (Å²) in [5.74, 6) is -0.349. The quantitative estimate of drug-likeness (QED) is 0.709. The second-order valence-electron chi connectivity index (χ2n) is 6.14. The van der Waals surface area contributed by atoms with Gasteiger partial charge in [0.1, 0.15) is 5.82 Å². The number of nitrogen functional groups attached to an aromatic ring is 1. The Labute approximate surface area is 161 Å². The first-order valence-corrected chi connectivity index (χ1v) is 9.69.